The number of carboxylic acids is 1. The third kappa shape index (κ3) is 3.10. The Bertz CT molecular complexity index is 508. The lowest BCUT2D eigenvalue weighted by Gasteiger charge is -2.36. The minimum absolute atomic E-state index is 0.293. The Morgan fingerprint density at radius 2 is 2.05 bits per heavy atom. The summed E-state index contributed by atoms with van der Waals surface area (Å²) in [4.78, 5) is 27.5. The average Bonchev–Trinajstić information content (AvgIpc) is 2.42. The van der Waals surface area contributed by atoms with E-state index in [1.807, 2.05) is 0 Å². The molecule has 1 amide bonds. The molecule has 0 saturated heterocycles. The maximum atomic E-state index is 12.2. The number of carboxylic acid groups (broad SMARTS) is 1. The van der Waals surface area contributed by atoms with Crippen molar-refractivity contribution in [3.8, 4) is 0 Å². The van der Waals surface area contributed by atoms with Crippen LogP contribution in [0.2, 0.25) is 5.15 Å². The zero-order chi connectivity index (χ0) is 14.8. The smallest absolute Gasteiger partial charge is 0.329 e. The van der Waals surface area contributed by atoms with Crippen LogP contribution in [0.5, 0.6) is 0 Å². The second kappa shape index (κ2) is 5.79. The van der Waals surface area contributed by atoms with E-state index < -0.39 is 17.4 Å². The molecule has 0 aliphatic heterocycles. The molecule has 1 aromatic rings. The van der Waals surface area contributed by atoms with Crippen LogP contribution in [0.1, 0.15) is 43.0 Å². The highest BCUT2D eigenvalue weighted by Gasteiger charge is 2.42. The fraction of sp³-hybridized carbons (Fsp3) is 0.500. The molecule has 0 radical (unpaired) electrons. The van der Waals surface area contributed by atoms with Crippen LogP contribution in [0.4, 0.5) is 0 Å². The quantitative estimate of drug-likeness (QED) is 0.840. The van der Waals surface area contributed by atoms with Gasteiger partial charge in [0.2, 0.25) is 0 Å². The standard InChI is InChI=1S/C14H17ClN2O3/c1-9-4-6-14(7-5-9,13(19)20)17-12(18)10-2-3-11(15)16-8-10/h2-3,8-9H,4-7H2,1H3,(H,17,18)(H,19,20). The minimum Gasteiger partial charge on any atom is -0.480 e. The van der Waals surface area contributed by atoms with E-state index in [0.29, 0.717) is 29.5 Å². The van der Waals surface area contributed by atoms with E-state index in [4.69, 9.17) is 11.6 Å². The number of aliphatic carboxylic acids is 1. The van der Waals surface area contributed by atoms with Gasteiger partial charge in [0.05, 0.1) is 5.56 Å². The van der Waals surface area contributed by atoms with E-state index >= 15 is 0 Å². The van der Waals surface area contributed by atoms with Crippen LogP contribution in [0.25, 0.3) is 0 Å². The molecule has 1 aromatic heterocycles. The van der Waals surface area contributed by atoms with E-state index in [1.54, 1.807) is 0 Å². The number of carbonyl (C=O) groups excluding carboxylic acids is 1. The third-order valence-electron chi connectivity index (χ3n) is 3.88. The van der Waals surface area contributed by atoms with Crippen LogP contribution in [-0.2, 0) is 4.79 Å². The highest BCUT2D eigenvalue weighted by Crippen LogP contribution is 2.32. The van der Waals surface area contributed by atoms with E-state index in [1.165, 1.54) is 18.3 Å². The predicted octanol–water partition coefficient (Wildman–Crippen LogP) is 2.50. The molecule has 1 heterocycles. The van der Waals surface area contributed by atoms with E-state index in [2.05, 4.69) is 17.2 Å². The number of amides is 1. The van der Waals surface area contributed by atoms with Gasteiger partial charge < -0.3 is 10.4 Å². The molecular weight excluding hydrogens is 280 g/mol. The van der Waals surface area contributed by atoms with Crippen molar-refractivity contribution in [2.75, 3.05) is 0 Å². The Labute approximate surface area is 122 Å². The first kappa shape index (κ1) is 14.8. The predicted molar refractivity (Wildman–Crippen MR) is 74.7 cm³/mol. The van der Waals surface area contributed by atoms with Gasteiger partial charge in [-0.1, -0.05) is 18.5 Å². The summed E-state index contributed by atoms with van der Waals surface area (Å²) in [5.41, 5.74) is -0.850. The van der Waals surface area contributed by atoms with Crippen molar-refractivity contribution in [3.05, 3.63) is 29.0 Å². The lowest BCUT2D eigenvalue weighted by Crippen LogP contribution is -2.56. The Balaban J connectivity index is 2.14. The van der Waals surface area contributed by atoms with Crippen LogP contribution in [-0.4, -0.2) is 27.5 Å². The van der Waals surface area contributed by atoms with Crippen molar-refractivity contribution in [1.29, 1.82) is 0 Å². The average molecular weight is 297 g/mol. The van der Waals surface area contributed by atoms with Crippen LogP contribution >= 0.6 is 11.6 Å². The summed E-state index contributed by atoms with van der Waals surface area (Å²) in [6, 6.07) is 3.04. The van der Waals surface area contributed by atoms with Gasteiger partial charge in [-0.15, -0.1) is 0 Å². The van der Waals surface area contributed by atoms with Crippen LogP contribution in [0.3, 0.4) is 0 Å². The number of hydrogen-bond acceptors (Lipinski definition) is 3. The highest BCUT2D eigenvalue weighted by molar-refractivity contribution is 6.29. The monoisotopic (exact) mass is 296 g/mol. The summed E-state index contributed by atoms with van der Waals surface area (Å²) >= 11 is 5.67. The minimum atomic E-state index is -1.16. The largest absolute Gasteiger partial charge is 0.480 e. The van der Waals surface area contributed by atoms with Crippen molar-refractivity contribution in [2.45, 2.75) is 38.1 Å². The summed E-state index contributed by atoms with van der Waals surface area (Å²) < 4.78 is 0. The third-order valence-corrected chi connectivity index (χ3v) is 4.10. The Kier molecular flexibility index (Phi) is 4.28. The summed E-state index contributed by atoms with van der Waals surface area (Å²) in [6.45, 7) is 2.09. The van der Waals surface area contributed by atoms with Crippen molar-refractivity contribution < 1.29 is 14.7 Å². The topological polar surface area (TPSA) is 79.3 Å². The number of rotatable bonds is 3. The van der Waals surface area contributed by atoms with E-state index in [9.17, 15) is 14.7 Å². The number of hydrogen-bond donors (Lipinski definition) is 2. The van der Waals surface area contributed by atoms with Crippen molar-refractivity contribution in [1.82, 2.24) is 10.3 Å². The summed E-state index contributed by atoms with van der Waals surface area (Å²) in [5.74, 6) is -0.901. The molecule has 0 bridgehead atoms. The molecule has 0 atom stereocenters. The molecule has 108 valence electrons. The fourth-order valence-electron chi connectivity index (χ4n) is 2.45. The molecule has 0 spiro atoms. The first-order valence-electron chi connectivity index (χ1n) is 6.60. The number of halogens is 1. The Hall–Kier alpha value is -1.62. The molecule has 2 rings (SSSR count). The molecule has 1 fully saturated rings. The molecule has 1 aliphatic rings. The molecule has 2 N–H and O–H groups in total. The van der Waals surface area contributed by atoms with Gasteiger partial charge in [-0.25, -0.2) is 9.78 Å². The molecule has 1 aliphatic carbocycles. The van der Waals surface area contributed by atoms with Crippen molar-refractivity contribution in [3.63, 3.8) is 0 Å². The normalized spacial score (nSPS) is 26.0. The van der Waals surface area contributed by atoms with Gasteiger partial charge in [0.1, 0.15) is 10.7 Å². The van der Waals surface area contributed by atoms with Crippen LogP contribution in [0, 0.1) is 5.92 Å². The number of nitrogens with zero attached hydrogens (tertiary/aromatic N) is 1. The van der Waals surface area contributed by atoms with Gasteiger partial charge in [0.25, 0.3) is 5.91 Å². The highest BCUT2D eigenvalue weighted by atomic mass is 35.5. The molecular formula is C14H17ClN2O3. The lowest BCUT2D eigenvalue weighted by atomic mass is 9.77. The van der Waals surface area contributed by atoms with E-state index in [0.717, 1.165) is 12.8 Å². The maximum Gasteiger partial charge on any atom is 0.329 e. The summed E-state index contributed by atoms with van der Waals surface area (Å²) in [7, 11) is 0. The van der Waals surface area contributed by atoms with Crippen LogP contribution in [0.15, 0.2) is 18.3 Å². The molecule has 6 heteroatoms. The number of aromatic nitrogens is 1. The zero-order valence-corrected chi connectivity index (χ0v) is 12.0. The van der Waals surface area contributed by atoms with Gasteiger partial charge in [-0.2, -0.15) is 0 Å². The molecule has 1 saturated carbocycles. The molecule has 20 heavy (non-hydrogen) atoms. The first-order valence-corrected chi connectivity index (χ1v) is 6.98. The maximum absolute atomic E-state index is 12.2. The van der Waals surface area contributed by atoms with Crippen molar-refractivity contribution >= 4 is 23.5 Å². The summed E-state index contributed by atoms with van der Waals surface area (Å²) in [5, 5.41) is 12.4. The molecule has 0 aromatic carbocycles. The Morgan fingerprint density at radius 1 is 1.40 bits per heavy atom. The fourth-order valence-corrected chi connectivity index (χ4v) is 2.56. The Morgan fingerprint density at radius 3 is 2.55 bits per heavy atom. The number of nitrogens with one attached hydrogen (secondary N) is 1. The molecule has 5 nitrogen and oxygen atoms in total. The lowest BCUT2D eigenvalue weighted by molar-refractivity contribution is -0.146. The van der Waals surface area contributed by atoms with Crippen LogP contribution < -0.4 is 5.32 Å². The van der Waals surface area contributed by atoms with Gasteiger partial charge in [-0.3, -0.25) is 4.79 Å². The first-order chi connectivity index (χ1) is 9.43. The van der Waals surface area contributed by atoms with Gasteiger partial charge in [0.15, 0.2) is 0 Å². The van der Waals surface area contributed by atoms with E-state index in [-0.39, 0.29) is 0 Å². The van der Waals surface area contributed by atoms with Gasteiger partial charge >= 0.3 is 5.97 Å². The van der Waals surface area contributed by atoms with Gasteiger partial charge in [-0.05, 0) is 43.7 Å². The SMILES string of the molecule is CC1CCC(NC(=O)c2ccc(Cl)nc2)(C(=O)O)CC1. The number of carbonyl (C=O) groups is 2. The molecule has 0 unspecified atom stereocenters. The van der Waals surface area contributed by atoms with Crippen molar-refractivity contribution in [2.24, 2.45) is 5.92 Å². The summed E-state index contributed by atoms with van der Waals surface area (Å²) in [6.07, 6.45) is 3.85. The number of pyridine rings is 1. The zero-order valence-electron chi connectivity index (χ0n) is 11.2. The second-order valence-corrected chi connectivity index (χ2v) is 5.78. The van der Waals surface area contributed by atoms with Gasteiger partial charge in [0, 0.05) is 6.20 Å². The second-order valence-electron chi connectivity index (χ2n) is 5.39.